The smallest absolute Gasteiger partial charge is 0.350 e. The van der Waals surface area contributed by atoms with Gasteiger partial charge in [0.15, 0.2) is 0 Å². The maximum atomic E-state index is 11.6. The molecule has 0 atom stereocenters. The molecule has 0 aliphatic carbocycles. The molecule has 0 fully saturated rings. The Bertz CT molecular complexity index is 409. The molecule has 7 heteroatoms. The predicted molar refractivity (Wildman–Crippen MR) is 80.5 cm³/mol. The zero-order chi connectivity index (χ0) is 14.8. The number of nitrogens with one attached hydrogen (secondary N) is 1. The highest BCUT2D eigenvalue weighted by molar-refractivity contribution is 7.18. The van der Waals surface area contributed by atoms with Crippen molar-refractivity contribution in [1.29, 1.82) is 0 Å². The van der Waals surface area contributed by atoms with Crippen molar-refractivity contribution in [2.75, 3.05) is 51.1 Å². The van der Waals surface area contributed by atoms with Gasteiger partial charge < -0.3 is 25.3 Å². The summed E-state index contributed by atoms with van der Waals surface area (Å²) in [6.45, 7) is 4.76. The van der Waals surface area contributed by atoms with E-state index in [1.165, 1.54) is 11.3 Å². The van der Waals surface area contributed by atoms with E-state index in [9.17, 15) is 4.79 Å². The Hall–Kier alpha value is -1.31. The van der Waals surface area contributed by atoms with Gasteiger partial charge in [0.1, 0.15) is 4.88 Å². The Labute approximate surface area is 123 Å². The van der Waals surface area contributed by atoms with Crippen LogP contribution in [0.5, 0.6) is 0 Å². The zero-order valence-corrected chi connectivity index (χ0v) is 12.8. The molecular formula is C13H22N2O4S. The van der Waals surface area contributed by atoms with Crippen molar-refractivity contribution in [3.05, 3.63) is 10.9 Å². The lowest BCUT2D eigenvalue weighted by molar-refractivity contribution is 0.0533. The van der Waals surface area contributed by atoms with Gasteiger partial charge in [0.2, 0.25) is 0 Å². The quantitative estimate of drug-likeness (QED) is 0.508. The standard InChI is InChI=1S/C13H22N2O4S/c1-3-19-13(16)12-10(14)9-11(20-12)15-5-4-6-18-8-7-17-2/h9,15H,3-8,14H2,1-2H3. The highest BCUT2D eigenvalue weighted by Crippen LogP contribution is 2.29. The topological polar surface area (TPSA) is 82.8 Å². The Morgan fingerprint density at radius 2 is 2.20 bits per heavy atom. The zero-order valence-electron chi connectivity index (χ0n) is 11.9. The molecule has 0 amide bonds. The third-order valence-electron chi connectivity index (χ3n) is 2.42. The minimum atomic E-state index is -0.369. The largest absolute Gasteiger partial charge is 0.462 e. The van der Waals surface area contributed by atoms with E-state index >= 15 is 0 Å². The monoisotopic (exact) mass is 302 g/mol. The lowest BCUT2D eigenvalue weighted by atomic mass is 10.4. The Kier molecular flexibility index (Phi) is 8.01. The van der Waals surface area contributed by atoms with Crippen LogP contribution in [0.3, 0.4) is 0 Å². The summed E-state index contributed by atoms with van der Waals surface area (Å²) in [5.74, 6) is -0.369. The Morgan fingerprint density at radius 3 is 2.90 bits per heavy atom. The van der Waals surface area contributed by atoms with Gasteiger partial charge in [-0.25, -0.2) is 4.79 Å². The molecule has 0 unspecified atom stereocenters. The third kappa shape index (κ3) is 5.77. The molecule has 0 saturated carbocycles. The molecule has 0 radical (unpaired) electrons. The number of nitrogens with two attached hydrogens (primary N) is 1. The number of hydrogen-bond acceptors (Lipinski definition) is 7. The first kappa shape index (κ1) is 16.7. The molecule has 0 bridgehead atoms. The summed E-state index contributed by atoms with van der Waals surface area (Å²) < 4.78 is 15.2. The maximum absolute atomic E-state index is 11.6. The molecule has 3 N–H and O–H groups in total. The summed E-state index contributed by atoms with van der Waals surface area (Å²) in [5, 5.41) is 4.08. The van der Waals surface area contributed by atoms with Crippen molar-refractivity contribution in [3.63, 3.8) is 0 Å². The van der Waals surface area contributed by atoms with Crippen LogP contribution < -0.4 is 11.1 Å². The fourth-order valence-corrected chi connectivity index (χ4v) is 2.38. The number of carbonyl (C=O) groups is 1. The van der Waals surface area contributed by atoms with Crippen molar-refractivity contribution in [1.82, 2.24) is 0 Å². The van der Waals surface area contributed by atoms with Crippen LogP contribution in [0.1, 0.15) is 23.0 Å². The number of methoxy groups -OCH3 is 1. The number of anilines is 2. The van der Waals surface area contributed by atoms with E-state index in [1.807, 2.05) is 0 Å². The predicted octanol–water partition coefficient (Wildman–Crippen LogP) is 1.97. The maximum Gasteiger partial charge on any atom is 0.350 e. The second-order valence-corrected chi connectivity index (χ2v) is 5.05. The van der Waals surface area contributed by atoms with Crippen molar-refractivity contribution in [2.45, 2.75) is 13.3 Å². The van der Waals surface area contributed by atoms with Crippen molar-refractivity contribution >= 4 is 28.0 Å². The van der Waals surface area contributed by atoms with Gasteiger partial charge in [0, 0.05) is 20.3 Å². The Morgan fingerprint density at radius 1 is 1.40 bits per heavy atom. The summed E-state index contributed by atoms with van der Waals surface area (Å²) in [5.41, 5.74) is 6.24. The highest BCUT2D eigenvalue weighted by atomic mass is 32.1. The number of ether oxygens (including phenoxy) is 3. The minimum Gasteiger partial charge on any atom is -0.462 e. The van der Waals surface area contributed by atoms with E-state index in [-0.39, 0.29) is 5.97 Å². The summed E-state index contributed by atoms with van der Waals surface area (Å²) >= 11 is 1.31. The van der Waals surface area contributed by atoms with E-state index in [1.54, 1.807) is 20.1 Å². The van der Waals surface area contributed by atoms with Gasteiger partial charge in [0.05, 0.1) is 30.5 Å². The molecule has 6 nitrogen and oxygen atoms in total. The highest BCUT2D eigenvalue weighted by Gasteiger charge is 2.15. The van der Waals surface area contributed by atoms with Gasteiger partial charge in [-0.05, 0) is 19.4 Å². The SMILES string of the molecule is CCOC(=O)c1sc(NCCCOCCOC)cc1N. The molecule has 0 aromatic carbocycles. The first-order chi connectivity index (χ1) is 9.69. The molecule has 0 aliphatic heterocycles. The van der Waals surface area contributed by atoms with E-state index < -0.39 is 0 Å². The first-order valence-electron chi connectivity index (χ1n) is 6.56. The minimum absolute atomic E-state index is 0.345. The number of nitrogen functional groups attached to an aromatic ring is 1. The van der Waals surface area contributed by atoms with Crippen LogP contribution in [-0.4, -0.2) is 46.1 Å². The van der Waals surface area contributed by atoms with Crippen LogP contribution in [0, 0.1) is 0 Å². The molecule has 1 heterocycles. The molecule has 0 aliphatic rings. The molecule has 20 heavy (non-hydrogen) atoms. The third-order valence-corrected chi connectivity index (χ3v) is 3.51. The van der Waals surface area contributed by atoms with Gasteiger partial charge in [-0.1, -0.05) is 0 Å². The van der Waals surface area contributed by atoms with Crippen LogP contribution in [0.25, 0.3) is 0 Å². The van der Waals surface area contributed by atoms with Crippen LogP contribution in [0.4, 0.5) is 10.7 Å². The Balaban J connectivity index is 2.27. The van der Waals surface area contributed by atoms with Crippen molar-refractivity contribution in [3.8, 4) is 0 Å². The summed E-state index contributed by atoms with van der Waals surface area (Å²) in [4.78, 5) is 12.1. The molecular weight excluding hydrogens is 280 g/mol. The van der Waals surface area contributed by atoms with Crippen molar-refractivity contribution in [2.24, 2.45) is 0 Å². The molecule has 1 rings (SSSR count). The normalized spacial score (nSPS) is 10.5. The molecule has 114 valence electrons. The number of hydrogen-bond donors (Lipinski definition) is 2. The van der Waals surface area contributed by atoms with Crippen LogP contribution >= 0.6 is 11.3 Å². The average Bonchev–Trinajstić information content (AvgIpc) is 2.79. The van der Waals surface area contributed by atoms with Crippen LogP contribution in [0.15, 0.2) is 6.07 Å². The summed E-state index contributed by atoms with van der Waals surface area (Å²) in [6.07, 6.45) is 0.871. The number of rotatable bonds is 10. The van der Waals surface area contributed by atoms with E-state index in [0.29, 0.717) is 37.0 Å². The second kappa shape index (κ2) is 9.57. The van der Waals surface area contributed by atoms with Crippen molar-refractivity contribution < 1.29 is 19.0 Å². The van der Waals surface area contributed by atoms with Crippen LogP contribution in [-0.2, 0) is 14.2 Å². The van der Waals surface area contributed by atoms with E-state index in [0.717, 1.165) is 18.0 Å². The number of esters is 1. The van der Waals surface area contributed by atoms with Gasteiger partial charge in [0.25, 0.3) is 0 Å². The molecule has 1 aromatic heterocycles. The first-order valence-corrected chi connectivity index (χ1v) is 7.37. The van der Waals surface area contributed by atoms with Crippen LogP contribution in [0.2, 0.25) is 0 Å². The fourth-order valence-electron chi connectivity index (χ4n) is 1.48. The van der Waals surface area contributed by atoms with Gasteiger partial charge >= 0.3 is 5.97 Å². The average molecular weight is 302 g/mol. The van der Waals surface area contributed by atoms with Gasteiger partial charge in [-0.3, -0.25) is 0 Å². The van der Waals surface area contributed by atoms with Gasteiger partial charge in [-0.15, -0.1) is 11.3 Å². The summed E-state index contributed by atoms with van der Waals surface area (Å²) in [6, 6.07) is 1.75. The van der Waals surface area contributed by atoms with E-state index in [4.69, 9.17) is 19.9 Å². The molecule has 1 aromatic rings. The molecule has 0 saturated heterocycles. The molecule has 0 spiro atoms. The second-order valence-electron chi connectivity index (χ2n) is 4.00. The number of thiophene rings is 1. The van der Waals surface area contributed by atoms with Gasteiger partial charge in [-0.2, -0.15) is 0 Å². The fraction of sp³-hybridized carbons (Fsp3) is 0.615. The lowest BCUT2D eigenvalue weighted by Crippen LogP contribution is -2.07. The lowest BCUT2D eigenvalue weighted by Gasteiger charge is -2.04. The van der Waals surface area contributed by atoms with E-state index in [2.05, 4.69) is 5.32 Å². The number of carbonyl (C=O) groups excluding carboxylic acids is 1. The summed E-state index contributed by atoms with van der Waals surface area (Å²) in [7, 11) is 1.65.